The van der Waals surface area contributed by atoms with Gasteiger partial charge in [-0.1, -0.05) is 23.7 Å². The molecule has 17 heavy (non-hydrogen) atoms. The first-order chi connectivity index (χ1) is 8.16. The van der Waals surface area contributed by atoms with Gasteiger partial charge in [-0.3, -0.25) is 0 Å². The summed E-state index contributed by atoms with van der Waals surface area (Å²) in [5, 5.41) is 14.9. The van der Waals surface area contributed by atoms with Gasteiger partial charge in [0.25, 0.3) is 0 Å². The molecule has 2 heterocycles. The molecule has 5 heteroatoms. The first-order valence-electron chi connectivity index (χ1n) is 4.84. The Bertz CT molecular complexity index is 751. The molecule has 0 bridgehead atoms. The van der Waals surface area contributed by atoms with E-state index in [1.807, 2.05) is 11.4 Å². The van der Waals surface area contributed by atoms with Gasteiger partial charge in [0.1, 0.15) is 5.15 Å². The van der Waals surface area contributed by atoms with E-state index in [9.17, 15) is 9.90 Å². The number of carboxylic acid groups (broad SMARTS) is 1. The molecule has 1 aromatic carbocycles. The van der Waals surface area contributed by atoms with Crippen LogP contribution in [0.25, 0.3) is 21.0 Å². The van der Waals surface area contributed by atoms with Crippen molar-refractivity contribution in [3.05, 3.63) is 40.4 Å². The molecule has 3 rings (SSSR count). The molecular weight excluding hydrogens is 258 g/mol. The maximum Gasteiger partial charge on any atom is 0.138 e. The zero-order chi connectivity index (χ0) is 12.0. The van der Waals surface area contributed by atoms with Crippen LogP contribution in [-0.2, 0) is 0 Å². The van der Waals surface area contributed by atoms with Gasteiger partial charge >= 0.3 is 0 Å². The molecule has 0 amide bonds. The molecule has 0 atom stereocenters. The van der Waals surface area contributed by atoms with Crippen molar-refractivity contribution in [2.24, 2.45) is 0 Å². The molecule has 0 saturated carbocycles. The second-order valence-electron chi connectivity index (χ2n) is 3.59. The van der Waals surface area contributed by atoms with Gasteiger partial charge < -0.3 is 9.90 Å². The molecule has 2 aromatic heterocycles. The van der Waals surface area contributed by atoms with Crippen molar-refractivity contribution < 1.29 is 9.90 Å². The van der Waals surface area contributed by atoms with E-state index in [2.05, 4.69) is 4.98 Å². The van der Waals surface area contributed by atoms with Gasteiger partial charge in [0.15, 0.2) is 0 Å². The van der Waals surface area contributed by atoms with Crippen LogP contribution in [-0.4, -0.2) is 11.0 Å². The van der Waals surface area contributed by atoms with Crippen LogP contribution in [0, 0.1) is 0 Å². The van der Waals surface area contributed by atoms with Gasteiger partial charge in [0.2, 0.25) is 0 Å². The first-order valence-corrected chi connectivity index (χ1v) is 6.10. The topological polar surface area (TPSA) is 53.0 Å². The maximum absolute atomic E-state index is 10.8. The molecule has 0 saturated heterocycles. The van der Waals surface area contributed by atoms with Crippen molar-refractivity contribution >= 4 is 49.9 Å². The van der Waals surface area contributed by atoms with E-state index in [1.54, 1.807) is 17.4 Å². The molecule has 84 valence electrons. The lowest BCUT2D eigenvalue weighted by atomic mass is 10.1. The summed E-state index contributed by atoms with van der Waals surface area (Å²) in [5.41, 5.74) is 0.684. The maximum atomic E-state index is 10.8. The molecule has 0 aliphatic rings. The van der Waals surface area contributed by atoms with E-state index < -0.39 is 5.97 Å². The van der Waals surface area contributed by atoms with Crippen molar-refractivity contribution in [1.82, 2.24) is 4.98 Å². The van der Waals surface area contributed by atoms with Crippen LogP contribution >= 0.6 is 22.9 Å². The van der Waals surface area contributed by atoms with Crippen LogP contribution in [0.2, 0.25) is 5.15 Å². The minimum Gasteiger partial charge on any atom is -0.545 e. The predicted octanol–water partition coefficient (Wildman–Crippen LogP) is 2.47. The third kappa shape index (κ3) is 1.57. The number of rotatable bonds is 1. The van der Waals surface area contributed by atoms with Crippen LogP contribution < -0.4 is 5.11 Å². The fourth-order valence-corrected chi connectivity index (χ4v) is 3.03. The number of carbonyl (C=O) groups is 1. The lowest BCUT2D eigenvalue weighted by molar-refractivity contribution is -0.255. The Kier molecular flexibility index (Phi) is 2.28. The van der Waals surface area contributed by atoms with Crippen molar-refractivity contribution in [3.63, 3.8) is 0 Å². The number of aromatic nitrogens is 1. The first kappa shape index (κ1) is 10.5. The Balaban J connectivity index is 2.45. The fourth-order valence-electron chi connectivity index (χ4n) is 1.79. The average molecular weight is 263 g/mol. The van der Waals surface area contributed by atoms with Gasteiger partial charge in [-0.15, -0.1) is 11.3 Å². The van der Waals surface area contributed by atoms with Crippen molar-refractivity contribution in [2.75, 3.05) is 0 Å². The number of pyridine rings is 1. The summed E-state index contributed by atoms with van der Waals surface area (Å²) in [6, 6.07) is 6.65. The van der Waals surface area contributed by atoms with Gasteiger partial charge in [-0.05, 0) is 23.1 Å². The quantitative estimate of drug-likeness (QED) is 0.633. The van der Waals surface area contributed by atoms with Crippen LogP contribution in [0.3, 0.4) is 0 Å². The molecule has 0 fully saturated rings. The normalized spacial score (nSPS) is 11.1. The number of aromatic carboxylic acids is 1. The molecule has 3 aromatic rings. The van der Waals surface area contributed by atoms with Crippen molar-refractivity contribution in [3.8, 4) is 0 Å². The Hall–Kier alpha value is -1.65. The number of benzene rings is 1. The van der Waals surface area contributed by atoms with Gasteiger partial charge in [-0.2, -0.15) is 0 Å². The molecule has 0 unspecified atom stereocenters. The molecule has 0 aliphatic heterocycles. The van der Waals surface area contributed by atoms with Crippen LogP contribution in [0.1, 0.15) is 10.4 Å². The van der Waals surface area contributed by atoms with Crippen LogP contribution in [0.5, 0.6) is 0 Å². The second-order valence-corrected chi connectivity index (χ2v) is 4.86. The molecule has 0 aliphatic carbocycles. The molecule has 3 nitrogen and oxygen atoms in total. The van der Waals surface area contributed by atoms with E-state index in [-0.39, 0.29) is 5.56 Å². The largest absolute Gasteiger partial charge is 0.545 e. The number of hydrogen-bond acceptors (Lipinski definition) is 4. The Morgan fingerprint density at radius 3 is 2.88 bits per heavy atom. The number of nitrogens with zero attached hydrogens (tertiary/aromatic N) is 1. The van der Waals surface area contributed by atoms with Gasteiger partial charge in [0, 0.05) is 15.5 Å². The van der Waals surface area contributed by atoms with E-state index in [1.165, 1.54) is 12.1 Å². The summed E-state index contributed by atoms with van der Waals surface area (Å²) in [6.07, 6.45) is 0. The molecule has 0 spiro atoms. The standard InChI is InChI=1S/C12H6ClNO2S/c13-11-8-3-4-17-10(8)7-2-1-6(12(15)16)5-9(7)14-11/h1-5H,(H,15,16)/p-1. The Morgan fingerprint density at radius 2 is 2.12 bits per heavy atom. The smallest absolute Gasteiger partial charge is 0.138 e. The summed E-state index contributed by atoms with van der Waals surface area (Å²) in [7, 11) is 0. The fraction of sp³-hybridized carbons (Fsp3) is 0. The summed E-state index contributed by atoms with van der Waals surface area (Å²) in [5.74, 6) is -1.21. The zero-order valence-corrected chi connectivity index (χ0v) is 10.0. The average Bonchev–Trinajstić information content (AvgIpc) is 2.78. The van der Waals surface area contributed by atoms with Crippen molar-refractivity contribution in [1.29, 1.82) is 0 Å². The number of thiophene rings is 1. The summed E-state index contributed by atoms with van der Waals surface area (Å²) in [6.45, 7) is 0. The molecule has 0 N–H and O–H groups in total. The number of fused-ring (bicyclic) bond motifs is 3. The lowest BCUT2D eigenvalue weighted by Crippen LogP contribution is -2.22. The SMILES string of the molecule is O=C([O-])c1ccc2c(c1)nc(Cl)c1ccsc12. The Labute approximate surface area is 105 Å². The van der Waals surface area contributed by atoms with E-state index in [0.717, 1.165) is 15.5 Å². The molecular formula is C12H5ClNO2S-. The minimum atomic E-state index is -1.21. The number of carboxylic acids is 1. The number of halogens is 1. The molecule has 0 radical (unpaired) electrons. The predicted molar refractivity (Wildman–Crippen MR) is 66.5 cm³/mol. The third-order valence-corrected chi connectivity index (χ3v) is 3.82. The highest BCUT2D eigenvalue weighted by Crippen LogP contribution is 2.33. The lowest BCUT2D eigenvalue weighted by Gasteiger charge is -2.05. The van der Waals surface area contributed by atoms with Crippen LogP contribution in [0.4, 0.5) is 0 Å². The number of carbonyl (C=O) groups excluding carboxylic acids is 1. The second kappa shape index (κ2) is 3.68. The van der Waals surface area contributed by atoms with Gasteiger partial charge in [0.05, 0.1) is 11.5 Å². The van der Waals surface area contributed by atoms with E-state index in [0.29, 0.717) is 10.7 Å². The number of hydrogen-bond donors (Lipinski definition) is 0. The van der Waals surface area contributed by atoms with E-state index >= 15 is 0 Å². The summed E-state index contributed by atoms with van der Waals surface area (Å²) < 4.78 is 1.02. The summed E-state index contributed by atoms with van der Waals surface area (Å²) in [4.78, 5) is 15.0. The highest BCUT2D eigenvalue weighted by Gasteiger charge is 2.08. The monoisotopic (exact) mass is 262 g/mol. The Morgan fingerprint density at radius 1 is 1.29 bits per heavy atom. The van der Waals surface area contributed by atoms with Crippen molar-refractivity contribution in [2.45, 2.75) is 0 Å². The highest BCUT2D eigenvalue weighted by atomic mass is 35.5. The summed E-state index contributed by atoms with van der Waals surface area (Å²) >= 11 is 7.60. The zero-order valence-electron chi connectivity index (χ0n) is 8.44. The van der Waals surface area contributed by atoms with Crippen LogP contribution in [0.15, 0.2) is 29.6 Å². The highest BCUT2D eigenvalue weighted by molar-refractivity contribution is 7.18. The third-order valence-electron chi connectivity index (χ3n) is 2.58. The minimum absolute atomic E-state index is 0.108. The van der Waals surface area contributed by atoms with Gasteiger partial charge in [-0.25, -0.2) is 4.98 Å². The van der Waals surface area contributed by atoms with E-state index in [4.69, 9.17) is 11.6 Å².